The van der Waals surface area contributed by atoms with E-state index in [4.69, 9.17) is 4.74 Å². The summed E-state index contributed by atoms with van der Waals surface area (Å²) in [5.74, 6) is 0.493. The summed E-state index contributed by atoms with van der Waals surface area (Å²) in [6.45, 7) is 3.68. The normalized spacial score (nSPS) is 13.3. The number of hydrogen-bond donors (Lipinski definition) is 2. The lowest BCUT2D eigenvalue weighted by molar-refractivity contribution is 0.0940. The van der Waals surface area contributed by atoms with Crippen LogP contribution in [-0.4, -0.2) is 33.2 Å². The van der Waals surface area contributed by atoms with Crippen molar-refractivity contribution in [2.75, 3.05) is 27.2 Å². The van der Waals surface area contributed by atoms with E-state index >= 15 is 0 Å². The predicted octanol–water partition coefficient (Wildman–Crippen LogP) is 3.05. The number of methoxy groups -OCH3 is 1. The van der Waals surface area contributed by atoms with Crippen molar-refractivity contribution in [3.63, 3.8) is 0 Å². The molecule has 0 aliphatic heterocycles. The molecule has 0 aliphatic rings. The van der Waals surface area contributed by atoms with Gasteiger partial charge in [-0.15, -0.1) is 11.3 Å². The molecule has 0 fully saturated rings. The van der Waals surface area contributed by atoms with Crippen molar-refractivity contribution in [2.45, 2.75) is 18.8 Å². The molecule has 4 nitrogen and oxygen atoms in total. The van der Waals surface area contributed by atoms with E-state index in [0.29, 0.717) is 17.9 Å². The molecule has 1 atom stereocenters. The predicted molar refractivity (Wildman–Crippen MR) is 95.5 cm³/mol. The second-order valence-corrected chi connectivity index (χ2v) is 6.72. The summed E-state index contributed by atoms with van der Waals surface area (Å²) in [7, 11) is 3.52. The Bertz CT molecular complexity index is 628. The molecule has 23 heavy (non-hydrogen) atoms. The first kappa shape index (κ1) is 17.5. The zero-order valence-electron chi connectivity index (χ0n) is 13.9. The van der Waals surface area contributed by atoms with E-state index in [1.807, 2.05) is 19.2 Å². The van der Waals surface area contributed by atoms with Gasteiger partial charge < -0.3 is 15.4 Å². The van der Waals surface area contributed by atoms with Crippen molar-refractivity contribution in [2.24, 2.45) is 0 Å². The summed E-state index contributed by atoms with van der Waals surface area (Å²) in [5.41, 5.74) is 0.478. The highest BCUT2D eigenvalue weighted by Gasteiger charge is 2.28. The molecule has 1 aromatic carbocycles. The van der Waals surface area contributed by atoms with E-state index in [2.05, 4.69) is 35.1 Å². The SMILES string of the molecule is CNCCC(C)(CNC(=O)c1ccccc1OC)c1cccs1. The number of benzene rings is 1. The molecule has 1 unspecified atom stereocenters. The number of rotatable bonds is 8. The Morgan fingerprint density at radius 3 is 2.70 bits per heavy atom. The van der Waals surface area contributed by atoms with Gasteiger partial charge in [0.15, 0.2) is 0 Å². The van der Waals surface area contributed by atoms with Crippen LogP contribution in [0.2, 0.25) is 0 Å². The number of para-hydroxylation sites is 1. The molecular formula is C18H24N2O2S. The number of carbonyl (C=O) groups is 1. The maximum Gasteiger partial charge on any atom is 0.255 e. The molecule has 2 aromatic rings. The molecule has 5 heteroatoms. The van der Waals surface area contributed by atoms with Gasteiger partial charge in [-0.3, -0.25) is 4.79 Å². The third kappa shape index (κ3) is 4.33. The Hall–Kier alpha value is -1.85. The van der Waals surface area contributed by atoms with Gasteiger partial charge in [-0.05, 0) is 43.6 Å². The van der Waals surface area contributed by atoms with Crippen LogP contribution >= 0.6 is 11.3 Å². The number of amides is 1. The fraction of sp³-hybridized carbons (Fsp3) is 0.389. The first-order valence-corrected chi connectivity index (χ1v) is 8.58. The molecule has 2 rings (SSSR count). The monoisotopic (exact) mass is 332 g/mol. The topological polar surface area (TPSA) is 50.4 Å². The molecule has 0 aliphatic carbocycles. The number of thiophene rings is 1. The average molecular weight is 332 g/mol. The molecule has 124 valence electrons. The van der Waals surface area contributed by atoms with Gasteiger partial charge in [-0.1, -0.05) is 25.1 Å². The van der Waals surface area contributed by atoms with Crippen molar-refractivity contribution < 1.29 is 9.53 Å². The molecule has 0 spiro atoms. The summed E-state index contributed by atoms with van der Waals surface area (Å²) in [5, 5.41) is 8.34. The minimum absolute atomic E-state index is 0.0884. The van der Waals surface area contributed by atoms with E-state index in [0.717, 1.165) is 13.0 Å². The van der Waals surface area contributed by atoms with Crippen molar-refractivity contribution in [3.05, 3.63) is 52.2 Å². The third-order valence-corrected chi connectivity index (χ3v) is 5.21. The van der Waals surface area contributed by atoms with Crippen LogP contribution in [0.5, 0.6) is 5.75 Å². The maximum atomic E-state index is 12.5. The number of carbonyl (C=O) groups excluding carboxylic acids is 1. The second kappa shape index (κ2) is 8.13. The molecule has 1 aromatic heterocycles. The van der Waals surface area contributed by atoms with Crippen LogP contribution in [0.3, 0.4) is 0 Å². The first-order chi connectivity index (χ1) is 11.1. The van der Waals surface area contributed by atoms with Crippen molar-refractivity contribution >= 4 is 17.2 Å². The minimum Gasteiger partial charge on any atom is -0.496 e. The van der Waals surface area contributed by atoms with Crippen LogP contribution in [0.1, 0.15) is 28.6 Å². The highest BCUT2D eigenvalue weighted by molar-refractivity contribution is 7.10. The van der Waals surface area contributed by atoms with E-state index in [1.54, 1.807) is 30.6 Å². The zero-order chi connectivity index (χ0) is 16.7. The molecule has 0 saturated heterocycles. The molecule has 2 N–H and O–H groups in total. The van der Waals surface area contributed by atoms with Gasteiger partial charge >= 0.3 is 0 Å². The van der Waals surface area contributed by atoms with Crippen LogP contribution in [0.25, 0.3) is 0 Å². The lowest BCUT2D eigenvalue weighted by atomic mass is 9.84. The highest BCUT2D eigenvalue weighted by Crippen LogP contribution is 2.30. The van der Waals surface area contributed by atoms with Gasteiger partial charge in [0.05, 0.1) is 12.7 Å². The van der Waals surface area contributed by atoms with E-state index in [1.165, 1.54) is 4.88 Å². The van der Waals surface area contributed by atoms with Gasteiger partial charge in [-0.25, -0.2) is 0 Å². The quantitative estimate of drug-likeness (QED) is 0.781. The minimum atomic E-state index is -0.102. The van der Waals surface area contributed by atoms with Crippen molar-refractivity contribution in [1.82, 2.24) is 10.6 Å². The van der Waals surface area contributed by atoms with Crippen LogP contribution < -0.4 is 15.4 Å². The lowest BCUT2D eigenvalue weighted by Crippen LogP contribution is -2.40. The van der Waals surface area contributed by atoms with E-state index in [-0.39, 0.29) is 11.3 Å². The maximum absolute atomic E-state index is 12.5. The van der Waals surface area contributed by atoms with Gasteiger partial charge in [0.25, 0.3) is 5.91 Å². The highest BCUT2D eigenvalue weighted by atomic mass is 32.1. The average Bonchev–Trinajstić information content (AvgIpc) is 3.13. The molecule has 0 radical (unpaired) electrons. The zero-order valence-corrected chi connectivity index (χ0v) is 14.7. The van der Waals surface area contributed by atoms with Gasteiger partial charge in [-0.2, -0.15) is 0 Å². The lowest BCUT2D eigenvalue weighted by Gasteiger charge is -2.29. The summed E-state index contributed by atoms with van der Waals surface area (Å²) in [6, 6.07) is 11.5. The van der Waals surface area contributed by atoms with Gasteiger partial charge in [0, 0.05) is 16.8 Å². The Morgan fingerprint density at radius 1 is 1.26 bits per heavy atom. The fourth-order valence-electron chi connectivity index (χ4n) is 2.52. The third-order valence-electron chi connectivity index (χ3n) is 4.03. The number of hydrogen-bond acceptors (Lipinski definition) is 4. The number of nitrogens with one attached hydrogen (secondary N) is 2. The van der Waals surface area contributed by atoms with Gasteiger partial charge in [0.1, 0.15) is 5.75 Å². The van der Waals surface area contributed by atoms with Crippen LogP contribution in [0.4, 0.5) is 0 Å². The van der Waals surface area contributed by atoms with E-state index < -0.39 is 0 Å². The Kier molecular flexibility index (Phi) is 6.19. The molecule has 0 bridgehead atoms. The summed E-state index contributed by atoms with van der Waals surface area (Å²) in [6.07, 6.45) is 0.955. The Labute approximate surface area is 141 Å². The number of ether oxygens (including phenoxy) is 1. The molecule has 0 saturated carbocycles. The molecule has 1 amide bonds. The summed E-state index contributed by atoms with van der Waals surface area (Å²) < 4.78 is 5.27. The van der Waals surface area contributed by atoms with Crippen molar-refractivity contribution in [3.8, 4) is 5.75 Å². The fourth-order valence-corrected chi connectivity index (χ4v) is 3.44. The Morgan fingerprint density at radius 2 is 2.04 bits per heavy atom. The standard InChI is InChI=1S/C18H24N2O2S/c1-18(10-11-19-2,16-9-6-12-23-16)13-20-17(21)14-7-4-5-8-15(14)22-3/h4-9,12,19H,10-11,13H2,1-3H3,(H,20,21). The first-order valence-electron chi connectivity index (χ1n) is 7.70. The smallest absolute Gasteiger partial charge is 0.255 e. The van der Waals surface area contributed by atoms with Gasteiger partial charge in [0.2, 0.25) is 0 Å². The summed E-state index contributed by atoms with van der Waals surface area (Å²) >= 11 is 1.73. The summed E-state index contributed by atoms with van der Waals surface area (Å²) in [4.78, 5) is 13.8. The molecular weight excluding hydrogens is 308 g/mol. The molecule has 1 heterocycles. The largest absolute Gasteiger partial charge is 0.496 e. The van der Waals surface area contributed by atoms with Crippen LogP contribution in [0, 0.1) is 0 Å². The van der Waals surface area contributed by atoms with Crippen LogP contribution in [-0.2, 0) is 5.41 Å². The van der Waals surface area contributed by atoms with Crippen molar-refractivity contribution in [1.29, 1.82) is 0 Å². The van der Waals surface area contributed by atoms with E-state index in [9.17, 15) is 4.79 Å². The van der Waals surface area contributed by atoms with Crippen LogP contribution in [0.15, 0.2) is 41.8 Å². The second-order valence-electron chi connectivity index (χ2n) is 5.77. The Balaban J connectivity index is 2.10.